The zero-order chi connectivity index (χ0) is 17.0. The number of nitrogens with one attached hydrogen (secondary N) is 1. The van der Waals surface area contributed by atoms with Gasteiger partial charge in [0.25, 0.3) is 0 Å². The lowest BCUT2D eigenvalue weighted by atomic mass is 10.2. The molecule has 0 aliphatic heterocycles. The molecule has 124 valence electrons. The van der Waals surface area contributed by atoms with E-state index in [2.05, 4.69) is 26.2 Å². The van der Waals surface area contributed by atoms with Crippen LogP contribution in [0.5, 0.6) is 0 Å². The van der Waals surface area contributed by atoms with Gasteiger partial charge in [0.2, 0.25) is 5.13 Å². The lowest BCUT2D eigenvalue weighted by molar-refractivity contribution is 0.206. The molecule has 7 heteroatoms. The monoisotopic (exact) mass is 342 g/mol. The fraction of sp³-hybridized carbons (Fsp3) is 0.0588. The van der Waals surface area contributed by atoms with Crippen LogP contribution in [-0.2, 0) is 9.68 Å². The predicted octanol–water partition coefficient (Wildman–Crippen LogP) is 3.73. The number of hydrogen-bond acceptors (Lipinski definition) is 7. The summed E-state index contributed by atoms with van der Waals surface area (Å²) in [5.74, 6) is 4.35. The van der Waals surface area contributed by atoms with Gasteiger partial charge in [0.05, 0.1) is 12.8 Å². The molecule has 0 saturated carbocycles. The molecular weight excluding hydrogens is 324 g/mol. The molecule has 0 saturated heterocycles. The van der Waals surface area contributed by atoms with Gasteiger partial charge < -0.3 is 9.68 Å². The fourth-order valence-electron chi connectivity index (χ4n) is 1.74. The summed E-state index contributed by atoms with van der Waals surface area (Å²) in [7, 11) is 1.40. The van der Waals surface area contributed by atoms with Crippen LogP contribution in [-0.4, -0.2) is 17.1 Å². The van der Waals surface area contributed by atoms with Crippen LogP contribution in [0.25, 0.3) is 17.3 Å². The largest absolute Gasteiger partial charge is 0.388 e. The zero-order valence-corrected chi connectivity index (χ0v) is 13.9. The molecule has 0 radical (unpaired) electrons. The van der Waals surface area contributed by atoms with Crippen molar-refractivity contribution in [1.82, 2.24) is 9.97 Å². The summed E-state index contributed by atoms with van der Waals surface area (Å²) < 4.78 is 0. The first-order chi connectivity index (χ1) is 11.8. The third kappa shape index (κ3) is 5.81. The Labute approximate surface area is 144 Å². The Balaban J connectivity index is 0.000000647. The van der Waals surface area contributed by atoms with Crippen molar-refractivity contribution in [3.8, 4) is 11.3 Å². The third-order valence-electron chi connectivity index (χ3n) is 2.75. The van der Waals surface area contributed by atoms with Gasteiger partial charge in [-0.15, -0.1) is 11.3 Å². The lowest BCUT2D eigenvalue weighted by Gasteiger charge is -1.99. The van der Waals surface area contributed by atoms with Crippen molar-refractivity contribution in [2.24, 2.45) is 5.90 Å². The number of rotatable bonds is 5. The van der Waals surface area contributed by atoms with E-state index in [4.69, 9.17) is 4.84 Å². The minimum Gasteiger partial charge on any atom is -0.388 e. The molecule has 3 N–H and O–H groups in total. The second-order valence-corrected chi connectivity index (χ2v) is 5.30. The van der Waals surface area contributed by atoms with Gasteiger partial charge in [0.1, 0.15) is 6.26 Å². The number of nitrogens with zero attached hydrogens (tertiary/aromatic N) is 2. The maximum absolute atomic E-state index is 5.28. The maximum Gasteiger partial charge on any atom is 0.216 e. The van der Waals surface area contributed by atoms with Gasteiger partial charge in [0.15, 0.2) is 0 Å². The molecule has 2 aromatic heterocycles. The van der Waals surface area contributed by atoms with Crippen LogP contribution >= 0.6 is 11.3 Å². The molecular formula is C17H18N4O2S. The van der Waals surface area contributed by atoms with Crippen LogP contribution < -0.4 is 11.4 Å². The standard InChI is InChI=1S/C16H13N3OS.CH5NO/c1-2-4-13(5-3-1)8-11-20-19-16-18-15(12-21-16)14-6-9-17-10-7-14;1-3-2/h1-12H,(H,18,19);2H2,1H3/b11-8+;. The maximum atomic E-state index is 5.28. The fourth-order valence-corrected chi connectivity index (χ4v) is 2.40. The van der Waals surface area contributed by atoms with Crippen LogP contribution in [0.1, 0.15) is 5.56 Å². The summed E-state index contributed by atoms with van der Waals surface area (Å²) in [5.41, 5.74) is 5.83. The summed E-state index contributed by atoms with van der Waals surface area (Å²) in [6.07, 6.45) is 6.98. The molecule has 0 spiro atoms. The second-order valence-electron chi connectivity index (χ2n) is 4.44. The Hall–Kier alpha value is -2.74. The summed E-state index contributed by atoms with van der Waals surface area (Å²) >= 11 is 1.49. The van der Waals surface area contributed by atoms with Crippen LogP contribution in [0.3, 0.4) is 0 Å². The summed E-state index contributed by atoms with van der Waals surface area (Å²) in [5, 5.41) is 2.68. The SMILES string of the molecule is C(=C\c1ccccc1)/ONc1nc(-c2ccncc2)cs1.CON. The first kappa shape index (κ1) is 17.6. The number of benzene rings is 1. The number of nitrogens with two attached hydrogens (primary N) is 1. The minimum atomic E-state index is 0.708. The normalized spacial score (nSPS) is 10.1. The predicted molar refractivity (Wildman–Crippen MR) is 96.7 cm³/mol. The second kappa shape index (κ2) is 10.1. The average Bonchev–Trinajstić information content (AvgIpc) is 3.10. The van der Waals surface area contributed by atoms with Gasteiger partial charge in [-0.05, 0) is 23.8 Å². The Morgan fingerprint density at radius 2 is 1.83 bits per heavy atom. The summed E-state index contributed by atoms with van der Waals surface area (Å²) in [6.45, 7) is 0. The van der Waals surface area contributed by atoms with E-state index in [-0.39, 0.29) is 0 Å². The van der Waals surface area contributed by atoms with Crippen molar-refractivity contribution in [2.45, 2.75) is 0 Å². The Morgan fingerprint density at radius 3 is 2.54 bits per heavy atom. The summed E-state index contributed by atoms with van der Waals surface area (Å²) in [4.78, 5) is 17.5. The van der Waals surface area contributed by atoms with E-state index in [0.29, 0.717) is 5.13 Å². The molecule has 2 heterocycles. The van der Waals surface area contributed by atoms with Crippen LogP contribution in [0.15, 0.2) is 66.5 Å². The number of anilines is 1. The molecule has 24 heavy (non-hydrogen) atoms. The van der Waals surface area contributed by atoms with Gasteiger partial charge in [-0.2, -0.15) is 5.48 Å². The molecule has 0 aliphatic rings. The van der Waals surface area contributed by atoms with E-state index in [1.165, 1.54) is 18.4 Å². The molecule has 3 rings (SSSR count). The molecule has 0 fully saturated rings. The number of aromatic nitrogens is 2. The smallest absolute Gasteiger partial charge is 0.216 e. The molecule has 1 aromatic carbocycles. The Morgan fingerprint density at radius 1 is 1.12 bits per heavy atom. The Bertz CT molecular complexity index is 733. The molecule has 0 aliphatic carbocycles. The lowest BCUT2D eigenvalue weighted by Crippen LogP contribution is -1.93. The van der Waals surface area contributed by atoms with Gasteiger partial charge in [-0.25, -0.2) is 10.9 Å². The molecule has 0 unspecified atom stereocenters. The van der Waals surface area contributed by atoms with E-state index >= 15 is 0 Å². The molecule has 0 bridgehead atoms. The van der Waals surface area contributed by atoms with Crippen LogP contribution in [0.4, 0.5) is 5.13 Å². The van der Waals surface area contributed by atoms with Crippen LogP contribution in [0, 0.1) is 0 Å². The zero-order valence-electron chi connectivity index (χ0n) is 13.1. The molecule has 6 nitrogen and oxygen atoms in total. The van der Waals surface area contributed by atoms with E-state index in [1.807, 2.05) is 53.9 Å². The van der Waals surface area contributed by atoms with Crippen molar-refractivity contribution in [1.29, 1.82) is 0 Å². The highest BCUT2D eigenvalue weighted by Crippen LogP contribution is 2.24. The van der Waals surface area contributed by atoms with Crippen molar-refractivity contribution >= 4 is 22.5 Å². The minimum absolute atomic E-state index is 0.708. The highest BCUT2D eigenvalue weighted by Gasteiger charge is 2.03. The van der Waals surface area contributed by atoms with Gasteiger partial charge in [0, 0.05) is 23.3 Å². The Kier molecular flexibility index (Phi) is 7.42. The number of pyridine rings is 1. The molecule has 0 amide bonds. The van der Waals surface area contributed by atoms with Crippen molar-refractivity contribution in [3.05, 3.63) is 72.1 Å². The average molecular weight is 342 g/mol. The van der Waals surface area contributed by atoms with Gasteiger partial charge >= 0.3 is 0 Å². The third-order valence-corrected chi connectivity index (χ3v) is 3.49. The summed E-state index contributed by atoms with van der Waals surface area (Å²) in [6, 6.07) is 13.8. The first-order valence-corrected chi connectivity index (χ1v) is 7.93. The molecule has 3 aromatic rings. The van der Waals surface area contributed by atoms with Crippen molar-refractivity contribution < 1.29 is 9.68 Å². The van der Waals surface area contributed by atoms with Crippen molar-refractivity contribution in [3.63, 3.8) is 0 Å². The first-order valence-electron chi connectivity index (χ1n) is 7.05. The van der Waals surface area contributed by atoms with Gasteiger partial charge in [-0.3, -0.25) is 4.98 Å². The number of hydrogen-bond donors (Lipinski definition) is 2. The van der Waals surface area contributed by atoms with Crippen molar-refractivity contribution in [2.75, 3.05) is 12.6 Å². The van der Waals surface area contributed by atoms with E-state index in [1.54, 1.807) is 18.7 Å². The van der Waals surface area contributed by atoms with E-state index in [9.17, 15) is 0 Å². The highest BCUT2D eigenvalue weighted by atomic mass is 32.1. The van der Waals surface area contributed by atoms with E-state index < -0.39 is 0 Å². The number of thiazole rings is 1. The van der Waals surface area contributed by atoms with Crippen LogP contribution in [0.2, 0.25) is 0 Å². The highest BCUT2D eigenvalue weighted by molar-refractivity contribution is 7.14. The van der Waals surface area contributed by atoms with Gasteiger partial charge in [-0.1, -0.05) is 30.3 Å². The molecule has 0 atom stereocenters. The topological polar surface area (TPSA) is 82.3 Å². The quantitative estimate of drug-likeness (QED) is 0.543. The van der Waals surface area contributed by atoms with E-state index in [0.717, 1.165) is 16.8 Å².